The number of carbonyl (C=O) groups is 2. The number of hydrogen-bond acceptors (Lipinski definition) is 5. The maximum absolute atomic E-state index is 12.6. The molecule has 0 bridgehead atoms. The van der Waals surface area contributed by atoms with Gasteiger partial charge in [0, 0.05) is 44.3 Å². The van der Waals surface area contributed by atoms with Gasteiger partial charge in [-0.25, -0.2) is 0 Å². The number of nitrogens with zero attached hydrogens (tertiary/aromatic N) is 6. The summed E-state index contributed by atoms with van der Waals surface area (Å²) in [4.78, 5) is 27.2. The molecule has 2 aromatic heterocycles. The quantitative estimate of drug-likeness (QED) is 0.583. The Morgan fingerprint density at radius 3 is 2.61 bits per heavy atom. The lowest BCUT2D eigenvalue weighted by molar-refractivity contribution is -0.132. The number of benzene rings is 1. The number of rotatable bonds is 7. The monoisotopic (exact) mass is 422 g/mol. The molecule has 0 radical (unpaired) electrons. The molecule has 31 heavy (non-hydrogen) atoms. The average molecular weight is 423 g/mol. The van der Waals surface area contributed by atoms with Gasteiger partial charge in [0.15, 0.2) is 0 Å². The van der Waals surface area contributed by atoms with Crippen LogP contribution in [-0.4, -0.2) is 54.3 Å². The molecule has 1 amide bonds. The molecule has 4 rings (SSSR count). The van der Waals surface area contributed by atoms with Crippen LogP contribution in [0, 0.1) is 12.8 Å². The minimum Gasteiger partial charge on any atom is -0.343 e. The Hall–Kier alpha value is -3.03. The van der Waals surface area contributed by atoms with Crippen LogP contribution in [0.25, 0.3) is 10.9 Å². The maximum atomic E-state index is 12.6. The lowest BCUT2D eigenvalue weighted by atomic mass is 9.93. The predicted octanol–water partition coefficient (Wildman–Crippen LogP) is 3.25. The van der Waals surface area contributed by atoms with E-state index in [1.807, 2.05) is 36.1 Å². The van der Waals surface area contributed by atoms with Crippen LogP contribution in [0.5, 0.6) is 0 Å². The van der Waals surface area contributed by atoms with Crippen molar-refractivity contribution >= 4 is 22.7 Å². The molecule has 1 fully saturated rings. The topological polar surface area (TPSA) is 85.9 Å². The SMILES string of the molecule is CCn1cnnc1CC1CCN(C(=O)CCCC(=O)n2nc(C)c3ccccc32)CC1. The van der Waals surface area contributed by atoms with Crippen LogP contribution in [0.2, 0.25) is 0 Å². The molecule has 0 N–H and O–H groups in total. The lowest BCUT2D eigenvalue weighted by Gasteiger charge is -2.32. The Morgan fingerprint density at radius 1 is 1.10 bits per heavy atom. The minimum atomic E-state index is -0.0594. The summed E-state index contributed by atoms with van der Waals surface area (Å²) < 4.78 is 3.56. The number of likely N-dealkylation sites (tertiary alicyclic amines) is 1. The van der Waals surface area contributed by atoms with Gasteiger partial charge in [0.05, 0.1) is 11.2 Å². The van der Waals surface area contributed by atoms with Crippen LogP contribution in [0.3, 0.4) is 0 Å². The number of aryl methyl sites for hydroxylation is 2. The molecule has 3 aromatic rings. The normalized spacial score (nSPS) is 15.0. The highest BCUT2D eigenvalue weighted by Gasteiger charge is 2.24. The lowest BCUT2D eigenvalue weighted by Crippen LogP contribution is -2.39. The Bertz CT molecular complexity index is 1060. The number of carbonyl (C=O) groups excluding carboxylic acids is 2. The van der Waals surface area contributed by atoms with E-state index in [2.05, 4.69) is 26.8 Å². The van der Waals surface area contributed by atoms with Crippen LogP contribution in [0.1, 0.15) is 55.3 Å². The van der Waals surface area contributed by atoms with E-state index in [0.29, 0.717) is 25.2 Å². The summed E-state index contributed by atoms with van der Waals surface area (Å²) in [6.07, 6.45) is 5.94. The Morgan fingerprint density at radius 2 is 1.84 bits per heavy atom. The van der Waals surface area contributed by atoms with Crippen molar-refractivity contribution in [3.05, 3.63) is 42.1 Å². The Balaban J connectivity index is 1.23. The first kappa shape index (κ1) is 21.2. The van der Waals surface area contributed by atoms with Gasteiger partial charge in [-0.2, -0.15) is 9.78 Å². The summed E-state index contributed by atoms with van der Waals surface area (Å²) in [5, 5.41) is 13.6. The van der Waals surface area contributed by atoms with Gasteiger partial charge in [-0.15, -0.1) is 10.2 Å². The van der Waals surface area contributed by atoms with Gasteiger partial charge >= 0.3 is 0 Å². The molecular weight excluding hydrogens is 392 g/mol. The van der Waals surface area contributed by atoms with Crippen molar-refractivity contribution in [2.24, 2.45) is 5.92 Å². The van der Waals surface area contributed by atoms with Gasteiger partial charge in [-0.05, 0) is 45.1 Å². The minimum absolute atomic E-state index is 0.0594. The van der Waals surface area contributed by atoms with Crippen LogP contribution in [0.4, 0.5) is 0 Å². The van der Waals surface area contributed by atoms with Crippen LogP contribution in [-0.2, 0) is 17.8 Å². The van der Waals surface area contributed by atoms with Gasteiger partial charge in [0.25, 0.3) is 0 Å². The van der Waals surface area contributed by atoms with Gasteiger partial charge in [-0.3, -0.25) is 9.59 Å². The molecule has 3 heterocycles. The number of piperidine rings is 1. The van der Waals surface area contributed by atoms with Gasteiger partial charge in [0.1, 0.15) is 12.2 Å². The van der Waals surface area contributed by atoms with Gasteiger partial charge in [0.2, 0.25) is 11.8 Å². The molecule has 1 saturated heterocycles. The molecule has 0 atom stereocenters. The summed E-state index contributed by atoms with van der Waals surface area (Å²) in [6.45, 7) is 6.44. The van der Waals surface area contributed by atoms with Crippen LogP contribution >= 0.6 is 0 Å². The largest absolute Gasteiger partial charge is 0.343 e. The first-order valence-electron chi connectivity index (χ1n) is 11.2. The molecule has 1 aliphatic heterocycles. The van der Waals surface area contributed by atoms with E-state index in [-0.39, 0.29) is 11.8 Å². The molecule has 1 aliphatic rings. The molecule has 8 nitrogen and oxygen atoms in total. The Labute approximate surface area is 182 Å². The number of aromatic nitrogens is 5. The van der Waals surface area contributed by atoms with Crippen molar-refractivity contribution in [1.82, 2.24) is 29.4 Å². The first-order chi connectivity index (χ1) is 15.1. The highest BCUT2D eigenvalue weighted by Crippen LogP contribution is 2.22. The van der Waals surface area contributed by atoms with Crippen molar-refractivity contribution in [3.8, 4) is 0 Å². The highest BCUT2D eigenvalue weighted by atomic mass is 16.2. The molecular formula is C23H30N6O2. The van der Waals surface area contributed by atoms with Gasteiger partial charge < -0.3 is 9.47 Å². The van der Waals surface area contributed by atoms with Gasteiger partial charge in [-0.1, -0.05) is 18.2 Å². The molecule has 0 spiro atoms. The zero-order valence-corrected chi connectivity index (χ0v) is 18.3. The third-order valence-electron chi connectivity index (χ3n) is 6.26. The van der Waals surface area contributed by atoms with Crippen molar-refractivity contribution in [2.75, 3.05) is 13.1 Å². The summed E-state index contributed by atoms with van der Waals surface area (Å²) in [7, 11) is 0. The maximum Gasteiger partial charge on any atom is 0.247 e. The first-order valence-corrected chi connectivity index (χ1v) is 11.2. The van der Waals surface area contributed by atoms with E-state index in [1.54, 1.807) is 6.33 Å². The standard InChI is InChI=1S/C23H30N6O2/c1-3-27-16-24-25-21(27)15-18-11-13-28(14-12-18)22(30)9-6-10-23(31)29-20-8-5-4-7-19(20)17(2)26-29/h4-5,7-8,16,18H,3,6,9-15H2,1-2H3. The number of fused-ring (bicyclic) bond motifs is 1. The number of amides is 1. The molecule has 0 unspecified atom stereocenters. The molecule has 1 aromatic carbocycles. The van der Waals surface area contributed by atoms with Crippen LogP contribution < -0.4 is 0 Å². The van der Waals surface area contributed by atoms with E-state index >= 15 is 0 Å². The second-order valence-electron chi connectivity index (χ2n) is 8.32. The van der Waals surface area contributed by atoms with Crippen LogP contribution in [0.15, 0.2) is 30.6 Å². The second kappa shape index (κ2) is 9.41. The fourth-order valence-electron chi connectivity index (χ4n) is 4.41. The Kier molecular flexibility index (Phi) is 6.44. The molecule has 0 saturated carbocycles. The van der Waals surface area contributed by atoms with E-state index in [0.717, 1.165) is 61.3 Å². The second-order valence-corrected chi connectivity index (χ2v) is 8.32. The molecule has 164 valence electrons. The zero-order chi connectivity index (χ0) is 21.8. The molecule has 0 aliphatic carbocycles. The van der Waals surface area contributed by atoms with E-state index < -0.39 is 0 Å². The van der Waals surface area contributed by atoms with Crippen molar-refractivity contribution < 1.29 is 9.59 Å². The summed E-state index contributed by atoms with van der Waals surface area (Å²) >= 11 is 0. The van der Waals surface area contributed by atoms with E-state index in [4.69, 9.17) is 0 Å². The van der Waals surface area contributed by atoms with Crippen molar-refractivity contribution in [1.29, 1.82) is 0 Å². The van der Waals surface area contributed by atoms with E-state index in [1.165, 1.54) is 4.68 Å². The van der Waals surface area contributed by atoms with Crippen molar-refractivity contribution in [2.45, 2.75) is 58.9 Å². The zero-order valence-electron chi connectivity index (χ0n) is 18.3. The third kappa shape index (κ3) is 4.68. The fraction of sp³-hybridized carbons (Fsp3) is 0.522. The van der Waals surface area contributed by atoms with Crippen molar-refractivity contribution in [3.63, 3.8) is 0 Å². The van der Waals surface area contributed by atoms with E-state index in [9.17, 15) is 9.59 Å². The third-order valence-corrected chi connectivity index (χ3v) is 6.26. The average Bonchev–Trinajstić information content (AvgIpc) is 3.38. The fourth-order valence-corrected chi connectivity index (χ4v) is 4.41. The summed E-state index contributed by atoms with van der Waals surface area (Å²) in [5.41, 5.74) is 1.68. The number of hydrogen-bond donors (Lipinski definition) is 0. The summed E-state index contributed by atoms with van der Waals surface area (Å²) in [5.74, 6) is 1.66. The predicted molar refractivity (Wildman–Crippen MR) is 118 cm³/mol. The highest BCUT2D eigenvalue weighted by molar-refractivity contribution is 5.92. The smallest absolute Gasteiger partial charge is 0.247 e. The summed E-state index contributed by atoms with van der Waals surface area (Å²) in [6, 6.07) is 7.74. The number of para-hydroxylation sites is 1. The molecule has 8 heteroatoms.